The van der Waals surface area contributed by atoms with E-state index in [1.165, 1.54) is 9.75 Å². The topological polar surface area (TPSA) is 41.1 Å². The molecule has 18 heavy (non-hydrogen) atoms. The minimum atomic E-state index is 0.414. The zero-order chi connectivity index (χ0) is 12.4. The Morgan fingerprint density at radius 2 is 2.44 bits per heavy atom. The molecule has 0 unspecified atom stereocenters. The van der Waals surface area contributed by atoms with E-state index in [0.29, 0.717) is 6.10 Å². The first kappa shape index (κ1) is 11.9. The lowest BCUT2D eigenvalue weighted by atomic mass is 10.3. The van der Waals surface area contributed by atoms with Gasteiger partial charge in [-0.1, -0.05) is 0 Å². The Morgan fingerprint density at radius 3 is 3.17 bits per heavy atom. The SMILES string of the molecule is CO[C@@H]1CCN(Cc2ccc(-c3ccn[nH]3)s2)C1. The first-order chi connectivity index (χ1) is 8.85. The Bertz CT molecular complexity index is 494. The van der Waals surface area contributed by atoms with E-state index < -0.39 is 0 Å². The van der Waals surface area contributed by atoms with Crippen LogP contribution < -0.4 is 0 Å². The van der Waals surface area contributed by atoms with Crippen molar-refractivity contribution in [2.24, 2.45) is 0 Å². The predicted octanol–water partition coefficient (Wildman–Crippen LogP) is 2.36. The smallest absolute Gasteiger partial charge is 0.0749 e. The van der Waals surface area contributed by atoms with Gasteiger partial charge in [-0.3, -0.25) is 10.00 Å². The third kappa shape index (κ3) is 2.48. The first-order valence-corrected chi connectivity index (χ1v) is 7.00. The highest BCUT2D eigenvalue weighted by molar-refractivity contribution is 7.15. The predicted molar refractivity (Wildman–Crippen MR) is 72.6 cm³/mol. The van der Waals surface area contributed by atoms with Crippen LogP contribution in [0.25, 0.3) is 10.6 Å². The lowest BCUT2D eigenvalue weighted by molar-refractivity contribution is 0.107. The van der Waals surface area contributed by atoms with Crippen molar-refractivity contribution in [2.75, 3.05) is 20.2 Å². The third-order valence-electron chi connectivity index (χ3n) is 3.37. The summed E-state index contributed by atoms with van der Waals surface area (Å²) in [5, 5.41) is 6.99. The van der Waals surface area contributed by atoms with Gasteiger partial charge in [0.15, 0.2) is 0 Å². The number of methoxy groups -OCH3 is 1. The third-order valence-corrected chi connectivity index (χ3v) is 4.47. The minimum absolute atomic E-state index is 0.414. The number of thiophene rings is 1. The fourth-order valence-electron chi connectivity index (χ4n) is 2.35. The van der Waals surface area contributed by atoms with Crippen LogP contribution in [0.2, 0.25) is 0 Å². The Hall–Kier alpha value is -1.17. The molecule has 96 valence electrons. The van der Waals surface area contributed by atoms with E-state index in [1.807, 2.05) is 17.4 Å². The second-order valence-corrected chi connectivity index (χ2v) is 5.79. The molecule has 0 spiro atoms. The Labute approximate surface area is 111 Å². The van der Waals surface area contributed by atoms with Crippen molar-refractivity contribution in [3.05, 3.63) is 29.3 Å². The molecule has 3 heterocycles. The number of nitrogens with one attached hydrogen (secondary N) is 1. The highest BCUT2D eigenvalue weighted by atomic mass is 32.1. The van der Waals surface area contributed by atoms with Crippen molar-refractivity contribution in [3.63, 3.8) is 0 Å². The van der Waals surface area contributed by atoms with Crippen LogP contribution in [0.3, 0.4) is 0 Å². The molecule has 0 aliphatic carbocycles. The molecule has 1 saturated heterocycles. The van der Waals surface area contributed by atoms with Crippen molar-refractivity contribution in [2.45, 2.75) is 19.1 Å². The summed E-state index contributed by atoms with van der Waals surface area (Å²) in [5.41, 5.74) is 1.10. The standard InChI is InChI=1S/C13H17N3OS/c1-17-10-5-7-16(8-10)9-11-2-3-13(18-11)12-4-6-14-15-12/h2-4,6,10H,5,7-9H2,1H3,(H,14,15)/t10-/m1/s1. The average Bonchev–Trinajstić information content (AvgIpc) is 3.10. The normalized spacial score (nSPS) is 20.6. The van der Waals surface area contributed by atoms with Crippen LogP contribution in [-0.4, -0.2) is 41.4 Å². The van der Waals surface area contributed by atoms with E-state index >= 15 is 0 Å². The van der Waals surface area contributed by atoms with Crippen molar-refractivity contribution in [1.29, 1.82) is 0 Å². The van der Waals surface area contributed by atoms with E-state index in [0.717, 1.165) is 31.7 Å². The van der Waals surface area contributed by atoms with Crippen LogP contribution in [0.4, 0.5) is 0 Å². The van der Waals surface area contributed by atoms with Crippen molar-refractivity contribution in [1.82, 2.24) is 15.1 Å². The number of hydrogen-bond donors (Lipinski definition) is 1. The number of hydrogen-bond acceptors (Lipinski definition) is 4. The molecule has 1 aliphatic heterocycles. The summed E-state index contributed by atoms with van der Waals surface area (Å²) in [6.45, 7) is 3.21. The van der Waals surface area contributed by atoms with Gasteiger partial charge in [-0.25, -0.2) is 0 Å². The Kier molecular flexibility index (Phi) is 3.45. The lowest BCUT2D eigenvalue weighted by Gasteiger charge is -2.13. The fourth-order valence-corrected chi connectivity index (χ4v) is 3.38. The molecule has 5 heteroatoms. The van der Waals surface area contributed by atoms with Crippen LogP contribution in [-0.2, 0) is 11.3 Å². The Morgan fingerprint density at radius 1 is 1.50 bits per heavy atom. The molecule has 3 rings (SSSR count). The van der Waals surface area contributed by atoms with Gasteiger partial charge < -0.3 is 4.74 Å². The van der Waals surface area contributed by atoms with Gasteiger partial charge >= 0.3 is 0 Å². The summed E-state index contributed by atoms with van der Waals surface area (Å²) >= 11 is 1.83. The maximum absolute atomic E-state index is 5.39. The van der Waals surface area contributed by atoms with Crippen LogP contribution in [0, 0.1) is 0 Å². The van der Waals surface area contributed by atoms with Gasteiger partial charge in [0, 0.05) is 37.8 Å². The zero-order valence-electron chi connectivity index (χ0n) is 10.4. The van der Waals surface area contributed by atoms with Crippen LogP contribution >= 0.6 is 11.3 Å². The van der Waals surface area contributed by atoms with Crippen LogP contribution in [0.5, 0.6) is 0 Å². The van der Waals surface area contributed by atoms with Crippen molar-refractivity contribution in [3.8, 4) is 10.6 Å². The van der Waals surface area contributed by atoms with Gasteiger partial charge in [0.05, 0.1) is 16.7 Å². The number of ether oxygens (including phenoxy) is 1. The van der Waals surface area contributed by atoms with E-state index in [-0.39, 0.29) is 0 Å². The zero-order valence-corrected chi connectivity index (χ0v) is 11.2. The number of aromatic nitrogens is 2. The second-order valence-electron chi connectivity index (χ2n) is 4.62. The molecule has 1 N–H and O–H groups in total. The number of rotatable bonds is 4. The Balaban J connectivity index is 1.64. The molecular weight excluding hydrogens is 246 g/mol. The highest BCUT2D eigenvalue weighted by Gasteiger charge is 2.22. The number of H-pyrrole nitrogens is 1. The summed E-state index contributed by atoms with van der Waals surface area (Å²) in [6.07, 6.45) is 3.35. The van der Waals surface area contributed by atoms with E-state index in [2.05, 4.69) is 27.2 Å². The van der Waals surface area contributed by atoms with Gasteiger partial charge in [0.2, 0.25) is 0 Å². The summed E-state index contributed by atoms with van der Waals surface area (Å²) in [6, 6.07) is 6.38. The minimum Gasteiger partial charge on any atom is -0.380 e. The molecule has 0 saturated carbocycles. The monoisotopic (exact) mass is 263 g/mol. The van der Waals surface area contributed by atoms with Gasteiger partial charge in [-0.2, -0.15) is 5.10 Å². The fraction of sp³-hybridized carbons (Fsp3) is 0.462. The van der Waals surface area contributed by atoms with E-state index in [9.17, 15) is 0 Å². The number of likely N-dealkylation sites (tertiary alicyclic amines) is 1. The molecule has 0 bridgehead atoms. The summed E-state index contributed by atoms with van der Waals surface area (Å²) in [5.74, 6) is 0. The maximum Gasteiger partial charge on any atom is 0.0749 e. The first-order valence-electron chi connectivity index (χ1n) is 6.19. The molecule has 1 aliphatic rings. The van der Waals surface area contributed by atoms with Crippen molar-refractivity contribution >= 4 is 11.3 Å². The van der Waals surface area contributed by atoms with Crippen molar-refractivity contribution < 1.29 is 4.74 Å². The van der Waals surface area contributed by atoms with Crippen LogP contribution in [0.15, 0.2) is 24.4 Å². The van der Waals surface area contributed by atoms with Gasteiger partial charge in [0.25, 0.3) is 0 Å². The molecular formula is C13H17N3OS. The molecule has 0 radical (unpaired) electrons. The largest absolute Gasteiger partial charge is 0.380 e. The quantitative estimate of drug-likeness (QED) is 0.920. The maximum atomic E-state index is 5.39. The van der Waals surface area contributed by atoms with E-state index in [4.69, 9.17) is 4.74 Å². The molecule has 0 aromatic carbocycles. The second kappa shape index (κ2) is 5.22. The number of aromatic amines is 1. The van der Waals surface area contributed by atoms with Gasteiger partial charge in [-0.15, -0.1) is 11.3 Å². The summed E-state index contributed by atoms with van der Waals surface area (Å²) in [7, 11) is 1.80. The molecule has 0 amide bonds. The molecule has 1 fully saturated rings. The molecule has 2 aromatic rings. The average molecular weight is 263 g/mol. The molecule has 2 aromatic heterocycles. The molecule has 1 atom stereocenters. The summed E-state index contributed by atoms with van der Waals surface area (Å²) < 4.78 is 5.39. The molecule has 4 nitrogen and oxygen atoms in total. The highest BCUT2D eigenvalue weighted by Crippen LogP contribution is 2.28. The van der Waals surface area contributed by atoms with Gasteiger partial charge in [0.1, 0.15) is 0 Å². The lowest BCUT2D eigenvalue weighted by Crippen LogP contribution is -2.21. The number of nitrogens with zero attached hydrogens (tertiary/aromatic N) is 2. The summed E-state index contributed by atoms with van der Waals surface area (Å²) in [4.78, 5) is 5.11. The van der Waals surface area contributed by atoms with Gasteiger partial charge in [-0.05, 0) is 24.6 Å². The van der Waals surface area contributed by atoms with Crippen LogP contribution in [0.1, 0.15) is 11.3 Å². The van der Waals surface area contributed by atoms with E-state index in [1.54, 1.807) is 13.3 Å².